The van der Waals surface area contributed by atoms with Crippen LogP contribution in [-0.4, -0.2) is 35.7 Å². The summed E-state index contributed by atoms with van der Waals surface area (Å²) in [6, 6.07) is 20.5. The number of aromatic nitrogens is 2. The van der Waals surface area contributed by atoms with Gasteiger partial charge < -0.3 is 15.3 Å². The molecule has 9 nitrogen and oxygen atoms in total. The number of ether oxygens (including phenoxy) is 1. The summed E-state index contributed by atoms with van der Waals surface area (Å²) in [5.41, 5.74) is 11.9. The largest absolute Gasteiger partial charge is 0.478 e. The number of benzene rings is 3. The second kappa shape index (κ2) is 11.9. The van der Waals surface area contributed by atoms with Crippen molar-refractivity contribution in [1.82, 2.24) is 15.4 Å². The lowest BCUT2D eigenvalue weighted by molar-refractivity contribution is -0.131. The third-order valence-corrected chi connectivity index (χ3v) is 7.60. The third kappa shape index (κ3) is 6.37. The number of fused-ring (bicyclic) bond motifs is 1. The summed E-state index contributed by atoms with van der Waals surface area (Å²) >= 11 is 0. The van der Waals surface area contributed by atoms with Crippen molar-refractivity contribution in [2.45, 2.75) is 24.7 Å². The number of aliphatic carboxylic acids is 1. The molecule has 1 unspecified atom stereocenters. The van der Waals surface area contributed by atoms with Gasteiger partial charge in [-0.25, -0.2) is 33.0 Å². The molecule has 214 valence electrons. The van der Waals surface area contributed by atoms with Crippen LogP contribution in [0.15, 0.2) is 90.2 Å². The number of nitrogens with zero attached hydrogens (tertiary/aromatic N) is 2. The molecule has 0 saturated carbocycles. The Balaban J connectivity index is 1.53. The first kappa shape index (κ1) is 28.7. The number of hydrogen-bond donors (Lipinski definition) is 3. The molecular weight excluding hydrogens is 559 g/mol. The van der Waals surface area contributed by atoms with Gasteiger partial charge in [-0.15, -0.1) is 0 Å². The predicted molar refractivity (Wildman–Crippen MR) is 158 cm³/mol. The first-order chi connectivity index (χ1) is 20.1. The number of allylic oxidation sites excluding steroid dienone is 1. The van der Waals surface area contributed by atoms with Gasteiger partial charge in [0, 0.05) is 17.9 Å². The number of rotatable bonds is 9. The highest BCUT2D eigenvalue weighted by atomic mass is 32.2. The summed E-state index contributed by atoms with van der Waals surface area (Å²) in [4.78, 5) is 18.9. The molecule has 2 heterocycles. The summed E-state index contributed by atoms with van der Waals surface area (Å²) < 4.78 is 43.6. The molecule has 3 aromatic carbocycles. The number of carboxylic acid groups (broad SMARTS) is 1. The van der Waals surface area contributed by atoms with Gasteiger partial charge in [0.15, 0.2) is 21.2 Å². The van der Waals surface area contributed by atoms with Crippen LogP contribution in [0.5, 0.6) is 11.6 Å². The number of carboxylic acids is 1. The van der Waals surface area contributed by atoms with E-state index in [2.05, 4.69) is 20.8 Å². The first-order valence-electron chi connectivity index (χ1n) is 13.0. The van der Waals surface area contributed by atoms with Crippen molar-refractivity contribution >= 4 is 38.7 Å². The lowest BCUT2D eigenvalue weighted by atomic mass is 9.87. The van der Waals surface area contributed by atoms with Crippen LogP contribution in [0.3, 0.4) is 0 Å². The number of sulfone groups is 1. The number of nitrogens with one attached hydrogen (secondary N) is 2. The first-order valence-corrected chi connectivity index (χ1v) is 14.9. The van der Waals surface area contributed by atoms with Gasteiger partial charge in [0.2, 0.25) is 5.88 Å². The fourth-order valence-corrected chi connectivity index (χ4v) is 5.11. The Morgan fingerprint density at radius 3 is 2.31 bits per heavy atom. The Hall–Kier alpha value is -4.87. The number of carbonyl (C=O) groups is 1. The minimum Gasteiger partial charge on any atom is -0.478 e. The van der Waals surface area contributed by atoms with Crippen LogP contribution in [0, 0.1) is 0 Å². The van der Waals surface area contributed by atoms with E-state index in [1.54, 1.807) is 12.1 Å². The molecule has 0 spiro atoms. The maximum Gasteiger partial charge on any atom is 0.328 e. The minimum atomic E-state index is -3.47. The van der Waals surface area contributed by atoms with Crippen LogP contribution in [0.4, 0.5) is 10.1 Å². The van der Waals surface area contributed by atoms with Crippen molar-refractivity contribution in [3.63, 3.8) is 0 Å². The molecule has 1 atom stereocenters. The number of hydrogen-bond acceptors (Lipinski definition) is 8. The van der Waals surface area contributed by atoms with E-state index in [0.29, 0.717) is 23.4 Å². The summed E-state index contributed by atoms with van der Waals surface area (Å²) in [6.45, 7) is 2.04. The number of halogens is 1. The molecule has 0 fully saturated rings. The Labute approximate surface area is 242 Å². The molecule has 0 bridgehead atoms. The normalized spacial score (nSPS) is 15.2. The van der Waals surface area contributed by atoms with Gasteiger partial charge in [-0.3, -0.25) is 0 Å². The smallest absolute Gasteiger partial charge is 0.328 e. The monoisotopic (exact) mass is 586 g/mol. The van der Waals surface area contributed by atoms with Crippen LogP contribution in [-0.2, 0) is 14.6 Å². The summed E-state index contributed by atoms with van der Waals surface area (Å²) in [6.07, 6.45) is 5.37. The maximum atomic E-state index is 14.6. The Bertz CT molecular complexity index is 1790. The third-order valence-electron chi connectivity index (χ3n) is 6.63. The second-order valence-corrected chi connectivity index (χ2v) is 11.5. The van der Waals surface area contributed by atoms with E-state index < -0.39 is 22.1 Å². The highest BCUT2D eigenvalue weighted by molar-refractivity contribution is 7.90. The fourth-order valence-electron chi connectivity index (χ4n) is 4.62. The van der Waals surface area contributed by atoms with Crippen LogP contribution in [0.1, 0.15) is 47.5 Å². The molecule has 11 heteroatoms. The topological polar surface area (TPSA) is 131 Å². The average molecular weight is 587 g/mol. The van der Waals surface area contributed by atoms with E-state index in [4.69, 9.17) is 9.84 Å². The Morgan fingerprint density at radius 2 is 1.69 bits per heavy atom. The number of alkyl halides is 1. The molecule has 4 aromatic rings. The maximum absolute atomic E-state index is 14.6. The van der Waals surface area contributed by atoms with E-state index in [-0.39, 0.29) is 10.9 Å². The molecule has 0 amide bonds. The van der Waals surface area contributed by atoms with Gasteiger partial charge >= 0.3 is 5.97 Å². The molecule has 0 aliphatic carbocycles. The number of hydrazine groups is 1. The van der Waals surface area contributed by atoms with Crippen LogP contribution in [0.2, 0.25) is 0 Å². The summed E-state index contributed by atoms with van der Waals surface area (Å²) in [5, 5.41) is 8.82. The minimum absolute atomic E-state index is 0.140. The van der Waals surface area contributed by atoms with E-state index in [9.17, 15) is 17.6 Å². The molecule has 3 N–H and O–H groups in total. The Kier molecular flexibility index (Phi) is 8.14. The standard InChI is InChI=1S/C31H27FN4O5S/c1-3-24(20-9-12-23(13-10-20)41-27-17-34-28(18-33-27)42(2,39)40)30(21-7-4-19(5-8-21)6-15-29(37)38)22-11-14-26-25(16-22)31(32)36-35-26/h4-18,31,35-36H,3H2,1-2H3,(H,37,38)/b15-6+,30-24+. The summed E-state index contributed by atoms with van der Waals surface area (Å²) in [7, 11) is -3.47. The van der Waals surface area contributed by atoms with Gasteiger partial charge in [-0.05, 0) is 70.2 Å². The predicted octanol–water partition coefficient (Wildman–Crippen LogP) is 6.04. The zero-order valence-corrected chi connectivity index (χ0v) is 23.5. The highest BCUT2D eigenvalue weighted by Gasteiger charge is 2.23. The van der Waals surface area contributed by atoms with Gasteiger partial charge in [-0.2, -0.15) is 0 Å². The van der Waals surface area contributed by atoms with Crippen molar-refractivity contribution in [1.29, 1.82) is 0 Å². The molecule has 1 aromatic heterocycles. The van der Waals surface area contributed by atoms with Crippen molar-refractivity contribution in [3.8, 4) is 11.6 Å². The number of anilines is 1. The quantitative estimate of drug-likeness (QED) is 0.122. The summed E-state index contributed by atoms with van der Waals surface area (Å²) in [5.74, 6) is -0.388. The lowest BCUT2D eigenvalue weighted by Crippen LogP contribution is -2.14. The average Bonchev–Trinajstić information content (AvgIpc) is 3.35. The second-order valence-electron chi connectivity index (χ2n) is 9.53. The zero-order chi connectivity index (χ0) is 29.9. The SMILES string of the molecule is CC/C(=C(/c1ccc(/C=C/C(=O)O)cc1)c1ccc2c(c1)C(F)NN2)c1ccc(Oc2cnc(S(C)(=O)=O)cn2)cc1. The lowest BCUT2D eigenvalue weighted by Gasteiger charge is -2.18. The zero-order valence-electron chi connectivity index (χ0n) is 22.7. The van der Waals surface area contributed by atoms with Crippen LogP contribution < -0.4 is 15.6 Å². The fraction of sp³-hybridized carbons (Fsp3) is 0.129. The van der Waals surface area contributed by atoms with Gasteiger partial charge in [0.25, 0.3) is 0 Å². The molecule has 5 rings (SSSR count). The molecule has 42 heavy (non-hydrogen) atoms. The van der Waals surface area contributed by atoms with E-state index in [1.807, 2.05) is 61.5 Å². The van der Waals surface area contributed by atoms with Crippen LogP contribution in [0.25, 0.3) is 17.2 Å². The van der Waals surface area contributed by atoms with Crippen molar-refractivity contribution in [2.24, 2.45) is 0 Å². The van der Waals surface area contributed by atoms with E-state index in [1.165, 1.54) is 12.3 Å². The molecule has 0 radical (unpaired) electrons. The van der Waals surface area contributed by atoms with Gasteiger partial charge in [0.05, 0.1) is 18.1 Å². The highest BCUT2D eigenvalue weighted by Crippen LogP contribution is 2.39. The molecular formula is C31H27FN4O5S. The molecule has 1 aliphatic rings. The van der Waals surface area contributed by atoms with Gasteiger partial charge in [0.1, 0.15) is 5.75 Å². The molecule has 1 aliphatic heterocycles. The van der Waals surface area contributed by atoms with E-state index >= 15 is 0 Å². The molecule has 0 saturated heterocycles. The van der Waals surface area contributed by atoms with Crippen molar-refractivity contribution < 1.29 is 27.4 Å². The van der Waals surface area contributed by atoms with Crippen molar-refractivity contribution in [2.75, 3.05) is 11.7 Å². The Morgan fingerprint density at radius 1 is 1.00 bits per heavy atom. The van der Waals surface area contributed by atoms with Crippen LogP contribution >= 0.6 is 0 Å². The van der Waals surface area contributed by atoms with Crippen molar-refractivity contribution in [3.05, 3.63) is 113 Å². The van der Waals surface area contributed by atoms with Gasteiger partial charge in [-0.1, -0.05) is 49.4 Å². The van der Waals surface area contributed by atoms with E-state index in [0.717, 1.165) is 51.9 Å².